The highest BCUT2D eigenvalue weighted by Gasteiger charge is 2.33. The fourth-order valence-corrected chi connectivity index (χ4v) is 3.68. The van der Waals surface area contributed by atoms with Crippen LogP contribution in [0, 0.1) is 0 Å². The minimum atomic E-state index is -0.105. The van der Waals surface area contributed by atoms with Crippen LogP contribution in [0.5, 0.6) is 0 Å². The SMILES string of the molecule is Cn1ccc(NC(=O)N2CCCC[C@H]2c2nnc3n2CCCC3)n1. The summed E-state index contributed by atoms with van der Waals surface area (Å²) in [6.07, 6.45) is 8.21. The monoisotopic (exact) mass is 329 g/mol. The number of piperidine rings is 1. The molecule has 1 fully saturated rings. The van der Waals surface area contributed by atoms with Gasteiger partial charge < -0.3 is 9.47 Å². The number of aryl methyl sites for hydroxylation is 2. The molecule has 0 unspecified atom stereocenters. The van der Waals surface area contributed by atoms with Crippen LogP contribution in [0.2, 0.25) is 0 Å². The van der Waals surface area contributed by atoms with E-state index in [4.69, 9.17) is 0 Å². The summed E-state index contributed by atoms with van der Waals surface area (Å²) in [5, 5.41) is 15.9. The molecule has 1 atom stereocenters. The van der Waals surface area contributed by atoms with E-state index >= 15 is 0 Å². The van der Waals surface area contributed by atoms with E-state index in [0.717, 1.165) is 56.8 Å². The molecule has 2 aromatic heterocycles. The molecule has 2 amide bonds. The first-order valence-electron chi connectivity index (χ1n) is 8.71. The molecule has 8 heteroatoms. The number of nitrogens with one attached hydrogen (secondary N) is 1. The summed E-state index contributed by atoms with van der Waals surface area (Å²) in [4.78, 5) is 14.7. The summed E-state index contributed by atoms with van der Waals surface area (Å²) in [5.41, 5.74) is 0. The number of aromatic nitrogens is 5. The predicted molar refractivity (Wildman–Crippen MR) is 88.5 cm³/mol. The lowest BCUT2D eigenvalue weighted by atomic mass is 10.0. The van der Waals surface area contributed by atoms with Gasteiger partial charge in [0.1, 0.15) is 5.82 Å². The standard InChI is InChI=1S/C16H23N7O/c1-21-11-8-13(20-21)17-16(24)22-9-4-2-6-12(22)15-19-18-14-7-3-5-10-23(14)15/h8,11-12H,2-7,9-10H2,1H3,(H,17,20,24)/t12-/m0/s1. The zero-order chi connectivity index (χ0) is 16.5. The molecule has 1 saturated heterocycles. The Labute approximate surface area is 140 Å². The molecule has 0 saturated carbocycles. The molecule has 4 rings (SSSR count). The second-order valence-electron chi connectivity index (χ2n) is 6.59. The fraction of sp³-hybridized carbons (Fsp3) is 0.625. The summed E-state index contributed by atoms with van der Waals surface area (Å²) in [6.45, 7) is 1.70. The Kier molecular flexibility index (Phi) is 3.95. The Morgan fingerprint density at radius 3 is 2.92 bits per heavy atom. The number of hydrogen-bond donors (Lipinski definition) is 1. The maximum atomic E-state index is 12.8. The average molecular weight is 329 g/mol. The summed E-state index contributed by atoms with van der Waals surface area (Å²) < 4.78 is 3.90. The van der Waals surface area contributed by atoms with Crippen LogP contribution in [0.3, 0.4) is 0 Å². The minimum absolute atomic E-state index is 0.00168. The van der Waals surface area contributed by atoms with Gasteiger partial charge in [0, 0.05) is 38.8 Å². The normalized spacial score (nSPS) is 20.7. The molecule has 2 aliphatic heterocycles. The molecule has 0 aromatic carbocycles. The lowest BCUT2D eigenvalue weighted by Gasteiger charge is -2.35. The van der Waals surface area contributed by atoms with Crippen LogP contribution in [0.1, 0.15) is 49.8 Å². The number of anilines is 1. The maximum Gasteiger partial charge on any atom is 0.323 e. The lowest BCUT2D eigenvalue weighted by molar-refractivity contribution is 0.156. The smallest absolute Gasteiger partial charge is 0.314 e. The van der Waals surface area contributed by atoms with Crippen molar-refractivity contribution in [2.45, 2.75) is 51.1 Å². The predicted octanol–water partition coefficient (Wildman–Crippen LogP) is 2.11. The number of carbonyl (C=O) groups is 1. The summed E-state index contributed by atoms with van der Waals surface area (Å²) >= 11 is 0. The van der Waals surface area contributed by atoms with E-state index in [1.807, 2.05) is 18.1 Å². The maximum absolute atomic E-state index is 12.8. The molecule has 0 aliphatic carbocycles. The molecule has 2 aliphatic rings. The molecule has 0 bridgehead atoms. The topological polar surface area (TPSA) is 80.9 Å². The van der Waals surface area contributed by atoms with Crippen LogP contribution in [0.15, 0.2) is 12.3 Å². The zero-order valence-corrected chi connectivity index (χ0v) is 14.0. The van der Waals surface area contributed by atoms with E-state index in [0.29, 0.717) is 5.82 Å². The lowest BCUT2D eigenvalue weighted by Crippen LogP contribution is -2.42. The van der Waals surface area contributed by atoms with Gasteiger partial charge in [-0.15, -0.1) is 10.2 Å². The Bertz CT molecular complexity index is 735. The molecule has 0 radical (unpaired) electrons. The van der Waals surface area contributed by atoms with Crippen LogP contribution >= 0.6 is 0 Å². The van der Waals surface area contributed by atoms with Crippen LogP contribution in [-0.2, 0) is 20.0 Å². The summed E-state index contributed by atoms with van der Waals surface area (Å²) in [6, 6.07) is 1.70. The minimum Gasteiger partial charge on any atom is -0.314 e. The number of amides is 2. The van der Waals surface area contributed by atoms with Crippen molar-refractivity contribution in [2.24, 2.45) is 7.05 Å². The molecule has 1 N–H and O–H groups in total. The number of carbonyl (C=O) groups excluding carboxylic acids is 1. The molecular weight excluding hydrogens is 306 g/mol. The highest BCUT2D eigenvalue weighted by atomic mass is 16.2. The largest absolute Gasteiger partial charge is 0.323 e. The highest BCUT2D eigenvalue weighted by Crippen LogP contribution is 2.32. The summed E-state index contributed by atoms with van der Waals surface area (Å²) in [7, 11) is 1.84. The molecule has 4 heterocycles. The van der Waals surface area contributed by atoms with Crippen molar-refractivity contribution < 1.29 is 4.79 Å². The molecular formula is C16H23N7O. The van der Waals surface area contributed by atoms with E-state index in [2.05, 4.69) is 25.2 Å². The van der Waals surface area contributed by atoms with Crippen molar-refractivity contribution >= 4 is 11.8 Å². The first kappa shape index (κ1) is 15.2. The molecule has 128 valence electrons. The van der Waals surface area contributed by atoms with Gasteiger partial charge in [0.05, 0.1) is 6.04 Å². The molecule has 24 heavy (non-hydrogen) atoms. The number of nitrogens with zero attached hydrogens (tertiary/aromatic N) is 6. The number of hydrogen-bond acceptors (Lipinski definition) is 4. The van der Waals surface area contributed by atoms with Gasteiger partial charge in [-0.3, -0.25) is 10.00 Å². The van der Waals surface area contributed by atoms with Gasteiger partial charge in [-0.25, -0.2) is 4.79 Å². The second-order valence-corrected chi connectivity index (χ2v) is 6.59. The average Bonchev–Trinajstić information content (AvgIpc) is 3.21. The highest BCUT2D eigenvalue weighted by molar-refractivity contribution is 5.88. The molecule has 8 nitrogen and oxygen atoms in total. The Morgan fingerprint density at radius 2 is 2.08 bits per heavy atom. The van der Waals surface area contributed by atoms with Crippen molar-refractivity contribution in [2.75, 3.05) is 11.9 Å². The van der Waals surface area contributed by atoms with Gasteiger partial charge >= 0.3 is 6.03 Å². The quantitative estimate of drug-likeness (QED) is 0.915. The Hall–Kier alpha value is -2.38. The van der Waals surface area contributed by atoms with Crippen LogP contribution in [0.25, 0.3) is 0 Å². The fourth-order valence-electron chi connectivity index (χ4n) is 3.68. The third-order valence-corrected chi connectivity index (χ3v) is 4.90. The Balaban J connectivity index is 1.56. The second kappa shape index (κ2) is 6.26. The van der Waals surface area contributed by atoms with Gasteiger partial charge in [0.2, 0.25) is 0 Å². The number of likely N-dealkylation sites (tertiary alicyclic amines) is 1. The zero-order valence-electron chi connectivity index (χ0n) is 14.0. The number of fused-ring (bicyclic) bond motifs is 1. The summed E-state index contributed by atoms with van der Waals surface area (Å²) in [5.74, 6) is 2.59. The number of urea groups is 1. The van der Waals surface area contributed by atoms with Gasteiger partial charge in [-0.2, -0.15) is 5.10 Å². The third kappa shape index (κ3) is 2.76. The third-order valence-electron chi connectivity index (χ3n) is 4.90. The van der Waals surface area contributed by atoms with Crippen molar-refractivity contribution in [1.29, 1.82) is 0 Å². The van der Waals surface area contributed by atoms with E-state index in [-0.39, 0.29) is 12.1 Å². The van der Waals surface area contributed by atoms with Gasteiger partial charge in [0.25, 0.3) is 0 Å². The van der Waals surface area contributed by atoms with E-state index in [1.165, 1.54) is 6.42 Å². The van der Waals surface area contributed by atoms with E-state index < -0.39 is 0 Å². The van der Waals surface area contributed by atoms with Crippen molar-refractivity contribution in [3.63, 3.8) is 0 Å². The van der Waals surface area contributed by atoms with Gasteiger partial charge in [-0.1, -0.05) is 0 Å². The first-order valence-corrected chi connectivity index (χ1v) is 8.71. The van der Waals surface area contributed by atoms with Gasteiger partial charge in [-0.05, 0) is 32.1 Å². The van der Waals surface area contributed by atoms with Gasteiger partial charge in [0.15, 0.2) is 11.6 Å². The molecule has 0 spiro atoms. The van der Waals surface area contributed by atoms with Crippen molar-refractivity contribution in [1.82, 2.24) is 29.4 Å². The number of rotatable bonds is 2. The van der Waals surface area contributed by atoms with E-state index in [9.17, 15) is 4.79 Å². The van der Waals surface area contributed by atoms with Crippen molar-refractivity contribution in [3.8, 4) is 0 Å². The van der Waals surface area contributed by atoms with Crippen LogP contribution < -0.4 is 5.32 Å². The Morgan fingerprint density at radius 1 is 1.21 bits per heavy atom. The van der Waals surface area contributed by atoms with Crippen molar-refractivity contribution in [3.05, 3.63) is 23.9 Å². The molecule has 2 aromatic rings. The first-order chi connectivity index (χ1) is 11.7. The van der Waals surface area contributed by atoms with Crippen LogP contribution in [-0.4, -0.2) is 42.0 Å². The van der Waals surface area contributed by atoms with E-state index in [1.54, 1.807) is 10.7 Å². The van der Waals surface area contributed by atoms with Crippen LogP contribution in [0.4, 0.5) is 10.6 Å².